The van der Waals surface area contributed by atoms with Gasteiger partial charge in [0.2, 0.25) is 0 Å². The van der Waals surface area contributed by atoms with Crippen LogP contribution in [0, 0.1) is 0 Å². The minimum absolute atomic E-state index is 0.0297. The van der Waals surface area contributed by atoms with Crippen molar-refractivity contribution in [2.24, 2.45) is 0 Å². The highest BCUT2D eigenvalue weighted by Gasteiger charge is 2.46. The predicted molar refractivity (Wildman–Crippen MR) is 164 cm³/mol. The zero-order chi connectivity index (χ0) is 36.5. The molecule has 0 unspecified atom stereocenters. The van der Waals surface area contributed by atoms with E-state index in [0.29, 0.717) is 5.56 Å². The molecule has 2 fully saturated rings. The van der Waals surface area contributed by atoms with Crippen molar-refractivity contribution in [1.29, 1.82) is 0 Å². The third kappa shape index (κ3) is 11.5. The van der Waals surface area contributed by atoms with Crippen molar-refractivity contribution in [2.45, 2.75) is 101 Å². The molecule has 1 aromatic rings. The Morgan fingerprint density at radius 2 is 1.41 bits per heavy atom. The molecule has 49 heavy (non-hydrogen) atoms. The molecule has 0 aliphatic carbocycles. The third-order valence-electron chi connectivity index (χ3n) is 7.69. The van der Waals surface area contributed by atoms with E-state index >= 15 is 0 Å². The van der Waals surface area contributed by atoms with Crippen molar-refractivity contribution < 1.29 is 78.6 Å². The van der Waals surface area contributed by atoms with Crippen LogP contribution in [0.1, 0.15) is 43.1 Å². The molecule has 2 saturated heterocycles. The number of carbonyl (C=O) groups excluding carboxylic acids is 3. The predicted octanol–water partition coefficient (Wildman–Crippen LogP) is -2.64. The van der Waals surface area contributed by atoms with E-state index in [-0.39, 0.29) is 44.8 Å². The van der Waals surface area contributed by atoms with Crippen molar-refractivity contribution in [1.82, 2.24) is 10.2 Å². The number of ether oxygens (including phenoxy) is 6. The summed E-state index contributed by atoms with van der Waals surface area (Å²) >= 11 is 0. The molecule has 2 aliphatic heterocycles. The van der Waals surface area contributed by atoms with Gasteiger partial charge in [0.25, 0.3) is 5.91 Å². The third-order valence-corrected chi connectivity index (χ3v) is 7.69. The number of alkyl carbamates (subject to hydrolysis) is 1. The second-order valence-electron chi connectivity index (χ2n) is 12.6. The molecule has 18 heteroatoms. The van der Waals surface area contributed by atoms with Crippen LogP contribution in [-0.4, -0.2) is 166 Å². The summed E-state index contributed by atoms with van der Waals surface area (Å²) < 4.78 is 31.9. The van der Waals surface area contributed by atoms with Gasteiger partial charge in [0, 0.05) is 25.2 Å². The van der Waals surface area contributed by atoms with E-state index in [1.54, 1.807) is 20.8 Å². The fourth-order valence-electron chi connectivity index (χ4n) is 4.98. The van der Waals surface area contributed by atoms with Gasteiger partial charge in [-0.15, -0.1) is 0 Å². The van der Waals surface area contributed by atoms with Gasteiger partial charge >= 0.3 is 12.1 Å². The van der Waals surface area contributed by atoms with E-state index in [4.69, 9.17) is 28.4 Å². The van der Waals surface area contributed by atoms with Crippen LogP contribution in [0.25, 0.3) is 0 Å². The standard InChI is InChI=1S/C31H48N2O16/c1-31(2,3)49-30(43)32-10-12-45-28-25(40)23(38)21(36)18(47-28)13-33(11-9-20(35)44-4)27(42)17-7-5-16(6-8-17)15-46-29-26(41)24(39)22(37)19(14-34)48-29/h5-8,18-19,21-26,28-29,34,36-41H,9-15H2,1-4H3,(H,32,43)/t18-,19-,21+,22-,23+,24+,25-,26+,28-,29+/m1/s1. The lowest BCUT2D eigenvalue weighted by atomic mass is 9.98. The number of nitrogens with zero attached hydrogens (tertiary/aromatic N) is 1. The number of hydrogen-bond acceptors (Lipinski definition) is 16. The van der Waals surface area contributed by atoms with Gasteiger partial charge in [-0.05, 0) is 38.5 Å². The Balaban J connectivity index is 1.65. The average Bonchev–Trinajstić information content (AvgIpc) is 3.06. The molecular formula is C31H48N2O16. The number of aliphatic hydroxyl groups is 7. The summed E-state index contributed by atoms with van der Waals surface area (Å²) in [5, 5.41) is 73.6. The average molecular weight is 705 g/mol. The first-order valence-corrected chi connectivity index (χ1v) is 15.7. The zero-order valence-electron chi connectivity index (χ0n) is 27.8. The topological polar surface area (TPSA) is 263 Å². The highest BCUT2D eigenvalue weighted by Crippen LogP contribution is 2.25. The Bertz CT molecular complexity index is 1210. The van der Waals surface area contributed by atoms with E-state index in [9.17, 15) is 50.1 Å². The summed E-state index contributed by atoms with van der Waals surface area (Å²) in [6.07, 6.45) is -15.9. The van der Waals surface area contributed by atoms with Gasteiger partial charge in [-0.25, -0.2) is 4.79 Å². The number of esters is 1. The Morgan fingerprint density at radius 3 is 1.98 bits per heavy atom. The maximum atomic E-state index is 13.6. The van der Waals surface area contributed by atoms with E-state index in [2.05, 4.69) is 5.32 Å². The monoisotopic (exact) mass is 704 g/mol. The van der Waals surface area contributed by atoms with Crippen LogP contribution in [0.5, 0.6) is 0 Å². The number of carbonyl (C=O) groups is 3. The lowest BCUT2D eigenvalue weighted by Crippen LogP contribution is -2.61. The fourth-order valence-corrected chi connectivity index (χ4v) is 4.98. The summed E-state index contributed by atoms with van der Waals surface area (Å²) in [6.45, 7) is 3.65. The smallest absolute Gasteiger partial charge is 0.407 e. The van der Waals surface area contributed by atoms with Gasteiger partial charge in [-0.2, -0.15) is 0 Å². The van der Waals surface area contributed by atoms with Crippen LogP contribution in [0.15, 0.2) is 24.3 Å². The SMILES string of the molecule is COC(=O)CCN(C[C@H]1O[C@@H](OCCNC(=O)OC(C)(C)C)[C@H](O)[C@@H](O)[C@H]1O)C(=O)c1ccc(CO[C@H]2O[C@H](CO)[C@@H](O)[C@H](O)[C@@H]2O)cc1. The summed E-state index contributed by atoms with van der Waals surface area (Å²) in [6, 6.07) is 5.99. The van der Waals surface area contributed by atoms with Crippen LogP contribution in [0.4, 0.5) is 4.79 Å². The Kier molecular flexibility index (Phi) is 15.1. The Hall–Kier alpha value is -3.01. The molecule has 2 heterocycles. The van der Waals surface area contributed by atoms with Gasteiger partial charge in [0.15, 0.2) is 12.6 Å². The molecular weight excluding hydrogens is 656 g/mol. The van der Waals surface area contributed by atoms with E-state index in [0.717, 1.165) is 0 Å². The second-order valence-corrected chi connectivity index (χ2v) is 12.6. The summed E-state index contributed by atoms with van der Waals surface area (Å²) in [5.41, 5.74) is -0.0290. The first kappa shape index (κ1) is 40.4. The minimum atomic E-state index is -1.72. The number of hydrogen-bond donors (Lipinski definition) is 8. The van der Waals surface area contributed by atoms with Crippen molar-refractivity contribution in [2.75, 3.05) is 40.0 Å². The van der Waals surface area contributed by atoms with E-state index < -0.39 is 91.6 Å². The summed E-state index contributed by atoms with van der Waals surface area (Å²) in [7, 11) is 1.19. The van der Waals surface area contributed by atoms with Gasteiger partial charge in [-0.1, -0.05) is 12.1 Å². The molecule has 2 amide bonds. The number of nitrogens with one attached hydrogen (secondary N) is 1. The lowest BCUT2D eigenvalue weighted by Gasteiger charge is -2.42. The molecule has 278 valence electrons. The Labute approximate surface area is 283 Å². The summed E-state index contributed by atoms with van der Waals surface area (Å²) in [5.74, 6) is -1.20. The van der Waals surface area contributed by atoms with E-state index in [1.165, 1.54) is 36.3 Å². The van der Waals surface area contributed by atoms with Crippen LogP contribution < -0.4 is 5.32 Å². The van der Waals surface area contributed by atoms with Crippen molar-refractivity contribution in [3.8, 4) is 0 Å². The van der Waals surface area contributed by atoms with Crippen molar-refractivity contribution in [3.63, 3.8) is 0 Å². The Morgan fingerprint density at radius 1 is 0.837 bits per heavy atom. The normalized spacial score (nSPS) is 30.3. The first-order valence-electron chi connectivity index (χ1n) is 15.7. The molecule has 0 bridgehead atoms. The minimum Gasteiger partial charge on any atom is -0.469 e. The molecule has 0 radical (unpaired) electrons. The van der Waals surface area contributed by atoms with Crippen LogP contribution in [0.3, 0.4) is 0 Å². The van der Waals surface area contributed by atoms with Crippen LogP contribution >= 0.6 is 0 Å². The maximum Gasteiger partial charge on any atom is 0.407 e. The number of aliphatic hydroxyl groups excluding tert-OH is 7. The number of benzene rings is 1. The summed E-state index contributed by atoms with van der Waals surface area (Å²) in [4.78, 5) is 38.6. The number of amides is 2. The zero-order valence-corrected chi connectivity index (χ0v) is 27.8. The molecule has 0 aromatic heterocycles. The van der Waals surface area contributed by atoms with Gasteiger partial charge < -0.3 is 74.4 Å². The van der Waals surface area contributed by atoms with Gasteiger partial charge in [0.1, 0.15) is 54.4 Å². The van der Waals surface area contributed by atoms with Crippen LogP contribution in [0.2, 0.25) is 0 Å². The molecule has 2 aliphatic rings. The van der Waals surface area contributed by atoms with Crippen molar-refractivity contribution in [3.05, 3.63) is 35.4 Å². The second kappa shape index (κ2) is 18.3. The molecule has 3 rings (SSSR count). The molecule has 0 saturated carbocycles. The van der Waals surface area contributed by atoms with Crippen molar-refractivity contribution >= 4 is 18.0 Å². The lowest BCUT2D eigenvalue weighted by molar-refractivity contribution is -0.304. The van der Waals surface area contributed by atoms with Gasteiger partial charge in [0.05, 0.1) is 33.4 Å². The number of methoxy groups -OCH3 is 1. The molecule has 18 nitrogen and oxygen atoms in total. The molecule has 1 aromatic carbocycles. The number of rotatable bonds is 14. The quantitative estimate of drug-likeness (QED) is 0.0727. The maximum absolute atomic E-state index is 13.6. The highest BCUT2D eigenvalue weighted by atomic mass is 16.7. The first-order chi connectivity index (χ1) is 23.1. The fraction of sp³-hybridized carbons (Fsp3) is 0.710. The largest absolute Gasteiger partial charge is 0.469 e. The van der Waals surface area contributed by atoms with E-state index in [1.807, 2.05) is 0 Å². The molecule has 8 N–H and O–H groups in total. The van der Waals surface area contributed by atoms with Gasteiger partial charge in [-0.3, -0.25) is 9.59 Å². The van der Waals surface area contributed by atoms with Crippen LogP contribution in [-0.2, 0) is 39.8 Å². The molecule has 10 atom stereocenters. The molecule has 0 spiro atoms. The highest BCUT2D eigenvalue weighted by molar-refractivity contribution is 5.94.